The van der Waals surface area contributed by atoms with Gasteiger partial charge in [0.1, 0.15) is 0 Å². The van der Waals surface area contributed by atoms with Crippen molar-refractivity contribution in [3.63, 3.8) is 0 Å². The second-order valence-electron chi connectivity index (χ2n) is 2.61. The van der Waals surface area contributed by atoms with E-state index < -0.39 is 9.84 Å². The molecule has 0 aromatic carbocycles. The van der Waals surface area contributed by atoms with Gasteiger partial charge in [0.25, 0.3) is 0 Å². The molecular weight excluding hydrogens is 138 g/mol. The lowest BCUT2D eigenvalue weighted by Gasteiger charge is -2.18. The van der Waals surface area contributed by atoms with E-state index in [0.717, 1.165) is 13.1 Å². The molecule has 0 saturated carbocycles. The number of hydrogen-bond donors (Lipinski definition) is 1. The molecule has 0 aromatic rings. The first-order valence-corrected chi connectivity index (χ1v) is 4.94. The summed E-state index contributed by atoms with van der Waals surface area (Å²) in [6.07, 6.45) is 0. The van der Waals surface area contributed by atoms with E-state index in [0.29, 0.717) is 11.5 Å². The minimum atomic E-state index is -2.64. The van der Waals surface area contributed by atoms with Crippen molar-refractivity contribution in [1.82, 2.24) is 0 Å². The molecular formula is C5H12NO2S+. The summed E-state index contributed by atoms with van der Waals surface area (Å²) >= 11 is 0. The average Bonchev–Trinajstić information content (AvgIpc) is 1.78. The van der Waals surface area contributed by atoms with Crippen LogP contribution in [0.25, 0.3) is 0 Å². The standard InChI is InChI=1S/C5H11NO2S/c1-6-2-4-9(7,8)5-3-6/h2-5H2,1H3/p+1. The molecule has 0 atom stereocenters. The van der Waals surface area contributed by atoms with Crippen LogP contribution in [0.1, 0.15) is 0 Å². The third-order valence-electron chi connectivity index (χ3n) is 1.68. The van der Waals surface area contributed by atoms with Crippen LogP contribution in [0.15, 0.2) is 0 Å². The summed E-state index contributed by atoms with van der Waals surface area (Å²) in [7, 11) is -0.614. The fraction of sp³-hybridized carbons (Fsp3) is 1.00. The molecule has 1 aliphatic rings. The number of quaternary nitrogens is 1. The summed E-state index contributed by atoms with van der Waals surface area (Å²) in [5, 5.41) is 0. The van der Waals surface area contributed by atoms with Crippen LogP contribution in [0.5, 0.6) is 0 Å². The molecule has 0 radical (unpaired) electrons. The first kappa shape index (κ1) is 7.02. The first-order valence-electron chi connectivity index (χ1n) is 3.12. The molecule has 1 aliphatic heterocycles. The molecule has 1 fully saturated rings. The van der Waals surface area contributed by atoms with Gasteiger partial charge in [0.15, 0.2) is 9.84 Å². The quantitative estimate of drug-likeness (QED) is 0.431. The van der Waals surface area contributed by atoms with Crippen molar-refractivity contribution in [1.29, 1.82) is 0 Å². The van der Waals surface area contributed by atoms with Crippen molar-refractivity contribution in [2.24, 2.45) is 0 Å². The van der Waals surface area contributed by atoms with Crippen LogP contribution in [0, 0.1) is 0 Å². The number of rotatable bonds is 0. The Hall–Kier alpha value is -0.0900. The van der Waals surface area contributed by atoms with Gasteiger partial charge in [-0.05, 0) is 0 Å². The molecule has 0 aromatic heterocycles. The zero-order valence-corrected chi connectivity index (χ0v) is 6.37. The molecule has 4 heteroatoms. The largest absolute Gasteiger partial charge is 0.336 e. The summed E-state index contributed by atoms with van der Waals surface area (Å²) in [6, 6.07) is 0. The van der Waals surface area contributed by atoms with Crippen molar-refractivity contribution in [2.45, 2.75) is 0 Å². The minimum Gasteiger partial charge on any atom is -0.336 e. The van der Waals surface area contributed by atoms with Gasteiger partial charge in [0, 0.05) is 0 Å². The number of sulfone groups is 1. The monoisotopic (exact) mass is 150 g/mol. The highest BCUT2D eigenvalue weighted by Gasteiger charge is 2.21. The predicted molar refractivity (Wildman–Crippen MR) is 35.3 cm³/mol. The van der Waals surface area contributed by atoms with Crippen LogP contribution < -0.4 is 4.90 Å². The van der Waals surface area contributed by atoms with Crippen molar-refractivity contribution in [2.75, 3.05) is 31.6 Å². The lowest BCUT2D eigenvalue weighted by Crippen LogP contribution is -3.11. The van der Waals surface area contributed by atoms with Gasteiger partial charge in [-0.3, -0.25) is 0 Å². The fourth-order valence-electron chi connectivity index (χ4n) is 0.887. The average molecular weight is 150 g/mol. The highest BCUT2D eigenvalue weighted by atomic mass is 32.2. The Labute approximate surface area is 55.6 Å². The molecule has 9 heavy (non-hydrogen) atoms. The molecule has 1 heterocycles. The van der Waals surface area contributed by atoms with Gasteiger partial charge in [0.05, 0.1) is 31.6 Å². The maximum absolute atomic E-state index is 10.8. The van der Waals surface area contributed by atoms with Gasteiger partial charge < -0.3 is 4.90 Å². The summed E-state index contributed by atoms with van der Waals surface area (Å²) in [4.78, 5) is 1.32. The Balaban J connectivity index is 2.55. The Kier molecular flexibility index (Phi) is 1.77. The van der Waals surface area contributed by atoms with E-state index in [1.807, 2.05) is 7.05 Å². The Bertz CT molecular complexity index is 171. The molecule has 54 valence electrons. The van der Waals surface area contributed by atoms with Crippen LogP contribution in [-0.2, 0) is 9.84 Å². The predicted octanol–water partition coefficient (Wildman–Crippen LogP) is -2.07. The molecule has 1 saturated heterocycles. The van der Waals surface area contributed by atoms with Crippen LogP contribution in [0.4, 0.5) is 0 Å². The van der Waals surface area contributed by atoms with Gasteiger partial charge >= 0.3 is 0 Å². The maximum Gasteiger partial charge on any atom is 0.161 e. The minimum absolute atomic E-state index is 0.374. The lowest BCUT2D eigenvalue weighted by molar-refractivity contribution is -0.875. The number of hydrogen-bond acceptors (Lipinski definition) is 2. The van der Waals surface area contributed by atoms with Crippen LogP contribution in [-0.4, -0.2) is 40.1 Å². The second kappa shape index (κ2) is 2.27. The molecule has 3 nitrogen and oxygen atoms in total. The molecule has 0 unspecified atom stereocenters. The van der Waals surface area contributed by atoms with E-state index in [2.05, 4.69) is 0 Å². The molecule has 0 spiro atoms. The van der Waals surface area contributed by atoms with Gasteiger partial charge in [0.2, 0.25) is 0 Å². The van der Waals surface area contributed by atoms with E-state index in [4.69, 9.17) is 0 Å². The van der Waals surface area contributed by atoms with E-state index in [9.17, 15) is 8.42 Å². The van der Waals surface area contributed by atoms with Crippen LogP contribution in [0.3, 0.4) is 0 Å². The maximum atomic E-state index is 10.8. The van der Waals surface area contributed by atoms with Crippen molar-refractivity contribution < 1.29 is 13.3 Å². The van der Waals surface area contributed by atoms with Crippen LogP contribution in [0.2, 0.25) is 0 Å². The second-order valence-corrected chi connectivity index (χ2v) is 4.91. The Morgan fingerprint density at radius 1 is 1.22 bits per heavy atom. The first-order chi connectivity index (χ1) is 4.10. The molecule has 0 bridgehead atoms. The van der Waals surface area contributed by atoms with Gasteiger partial charge in [-0.2, -0.15) is 0 Å². The van der Waals surface area contributed by atoms with Gasteiger partial charge in [-0.15, -0.1) is 0 Å². The number of nitrogens with one attached hydrogen (secondary N) is 1. The highest BCUT2D eigenvalue weighted by molar-refractivity contribution is 7.91. The van der Waals surface area contributed by atoms with Crippen LogP contribution >= 0.6 is 0 Å². The molecule has 0 amide bonds. The van der Waals surface area contributed by atoms with Crippen molar-refractivity contribution in [3.05, 3.63) is 0 Å². The summed E-state index contributed by atoms with van der Waals surface area (Å²) in [6.45, 7) is 1.56. The summed E-state index contributed by atoms with van der Waals surface area (Å²) in [5.74, 6) is 0.748. The zero-order chi connectivity index (χ0) is 6.91. The van der Waals surface area contributed by atoms with E-state index in [1.165, 1.54) is 4.90 Å². The van der Waals surface area contributed by atoms with Crippen molar-refractivity contribution >= 4 is 9.84 Å². The molecule has 1 rings (SSSR count). The third kappa shape index (κ3) is 1.95. The van der Waals surface area contributed by atoms with Gasteiger partial charge in [-0.25, -0.2) is 8.42 Å². The smallest absolute Gasteiger partial charge is 0.161 e. The highest BCUT2D eigenvalue weighted by Crippen LogP contribution is 1.88. The van der Waals surface area contributed by atoms with Crippen molar-refractivity contribution in [3.8, 4) is 0 Å². The normalized spacial score (nSPS) is 28.1. The van der Waals surface area contributed by atoms with Gasteiger partial charge in [-0.1, -0.05) is 0 Å². The Morgan fingerprint density at radius 3 is 2.00 bits per heavy atom. The fourth-order valence-corrected chi connectivity index (χ4v) is 2.41. The topological polar surface area (TPSA) is 38.6 Å². The molecule has 1 N–H and O–H groups in total. The lowest BCUT2D eigenvalue weighted by atomic mass is 10.6. The molecule has 0 aliphatic carbocycles. The third-order valence-corrected chi connectivity index (χ3v) is 3.33. The van der Waals surface area contributed by atoms with E-state index in [-0.39, 0.29) is 0 Å². The van der Waals surface area contributed by atoms with E-state index in [1.54, 1.807) is 0 Å². The van der Waals surface area contributed by atoms with E-state index >= 15 is 0 Å². The zero-order valence-electron chi connectivity index (χ0n) is 5.55. The summed E-state index contributed by atoms with van der Waals surface area (Å²) < 4.78 is 21.6. The Morgan fingerprint density at radius 2 is 1.67 bits per heavy atom. The summed E-state index contributed by atoms with van der Waals surface area (Å²) in [5.41, 5.74) is 0. The SMILES string of the molecule is C[NH+]1CCS(=O)(=O)CC1.